The zero-order valence-corrected chi connectivity index (χ0v) is 18.6. The molecule has 0 fully saturated rings. The molecule has 0 unspecified atom stereocenters. The Morgan fingerprint density at radius 1 is 1.00 bits per heavy atom. The van der Waals surface area contributed by atoms with Crippen molar-refractivity contribution in [1.29, 1.82) is 0 Å². The summed E-state index contributed by atoms with van der Waals surface area (Å²) in [7, 11) is 4.09. The van der Waals surface area contributed by atoms with E-state index in [0.29, 0.717) is 18.7 Å². The maximum atomic E-state index is 13.6. The van der Waals surface area contributed by atoms with Crippen LogP contribution >= 0.6 is 0 Å². The van der Waals surface area contributed by atoms with Crippen LogP contribution in [0.1, 0.15) is 33.6 Å². The number of nitrogens with zero attached hydrogens (tertiary/aromatic N) is 3. The van der Waals surface area contributed by atoms with Gasteiger partial charge in [-0.05, 0) is 76.8 Å². The molecule has 2 aromatic carbocycles. The van der Waals surface area contributed by atoms with Crippen molar-refractivity contribution in [3.8, 4) is 11.5 Å². The number of carbonyl (C=O) groups is 1. The summed E-state index contributed by atoms with van der Waals surface area (Å²) in [6.45, 7) is 6.29. The van der Waals surface area contributed by atoms with Crippen molar-refractivity contribution in [2.75, 3.05) is 34.0 Å². The van der Waals surface area contributed by atoms with Gasteiger partial charge in [-0.2, -0.15) is 0 Å². The molecule has 1 aromatic heterocycles. The van der Waals surface area contributed by atoms with E-state index in [1.807, 2.05) is 69.2 Å². The van der Waals surface area contributed by atoms with Crippen LogP contribution in [0.25, 0.3) is 10.9 Å². The van der Waals surface area contributed by atoms with Crippen molar-refractivity contribution in [2.45, 2.75) is 26.8 Å². The lowest BCUT2D eigenvalue weighted by Gasteiger charge is -2.25. The molecule has 4 rings (SSSR count). The Labute approximate surface area is 183 Å². The minimum Gasteiger partial charge on any atom is -0.454 e. The lowest BCUT2D eigenvalue weighted by atomic mass is 10.1. The van der Waals surface area contributed by atoms with Crippen LogP contribution in [-0.4, -0.2) is 54.7 Å². The highest BCUT2D eigenvalue weighted by Crippen LogP contribution is 2.33. The van der Waals surface area contributed by atoms with Gasteiger partial charge in [-0.25, -0.2) is 0 Å². The highest BCUT2D eigenvalue weighted by molar-refractivity contribution is 5.98. The van der Waals surface area contributed by atoms with E-state index >= 15 is 0 Å². The summed E-state index contributed by atoms with van der Waals surface area (Å²) in [5, 5.41) is 0.991. The number of rotatable bonds is 7. The smallest absolute Gasteiger partial charge is 0.256 e. The number of hydrogen-bond acceptors (Lipinski definition) is 5. The van der Waals surface area contributed by atoms with Gasteiger partial charge in [-0.15, -0.1) is 0 Å². The average molecular weight is 420 g/mol. The standard InChI is InChI=1S/C25H29N3O3/c1-17-6-8-22-20(12-17)14-21(18(2)26-22)25(29)28(11-5-10-27(3)4)15-19-7-9-23-24(13-19)31-16-30-23/h6-9,12-14H,5,10-11,15-16H2,1-4H3. The third kappa shape index (κ3) is 4.80. The second-order valence-electron chi connectivity index (χ2n) is 8.39. The molecule has 3 aromatic rings. The van der Waals surface area contributed by atoms with Crippen LogP contribution in [-0.2, 0) is 6.54 Å². The second-order valence-corrected chi connectivity index (χ2v) is 8.39. The highest BCUT2D eigenvalue weighted by atomic mass is 16.7. The molecule has 1 amide bonds. The van der Waals surface area contributed by atoms with Gasteiger partial charge in [0.1, 0.15) is 0 Å². The number of amides is 1. The van der Waals surface area contributed by atoms with E-state index < -0.39 is 0 Å². The van der Waals surface area contributed by atoms with Crippen LogP contribution in [0.4, 0.5) is 0 Å². The SMILES string of the molecule is Cc1ccc2nc(C)c(C(=O)N(CCCN(C)C)Cc3ccc4c(c3)OCO4)cc2c1. The number of ether oxygens (including phenoxy) is 2. The molecule has 0 saturated carbocycles. The maximum absolute atomic E-state index is 13.6. The van der Waals surface area contributed by atoms with Gasteiger partial charge in [-0.3, -0.25) is 9.78 Å². The molecule has 0 saturated heterocycles. The molecule has 1 aliphatic heterocycles. The van der Waals surface area contributed by atoms with Crippen LogP contribution in [0.3, 0.4) is 0 Å². The molecule has 6 heteroatoms. The quantitative estimate of drug-likeness (QED) is 0.575. The van der Waals surface area contributed by atoms with Gasteiger partial charge < -0.3 is 19.3 Å². The predicted molar refractivity (Wildman–Crippen MR) is 122 cm³/mol. The summed E-state index contributed by atoms with van der Waals surface area (Å²) >= 11 is 0. The lowest BCUT2D eigenvalue weighted by molar-refractivity contribution is 0.0736. The minimum atomic E-state index is 0.00447. The Kier molecular flexibility index (Phi) is 6.09. The lowest BCUT2D eigenvalue weighted by Crippen LogP contribution is -2.33. The van der Waals surface area contributed by atoms with Crippen LogP contribution in [0, 0.1) is 13.8 Å². The normalized spacial score (nSPS) is 12.5. The zero-order chi connectivity index (χ0) is 22.0. The van der Waals surface area contributed by atoms with Gasteiger partial charge >= 0.3 is 0 Å². The fourth-order valence-corrected chi connectivity index (χ4v) is 3.87. The van der Waals surface area contributed by atoms with Crippen molar-refractivity contribution in [3.05, 3.63) is 64.8 Å². The second kappa shape index (κ2) is 8.94. The van der Waals surface area contributed by atoms with Gasteiger partial charge in [0, 0.05) is 18.5 Å². The summed E-state index contributed by atoms with van der Waals surface area (Å²) in [6, 6.07) is 14.0. The van der Waals surface area contributed by atoms with E-state index in [1.54, 1.807) is 0 Å². The van der Waals surface area contributed by atoms with Crippen molar-refractivity contribution in [2.24, 2.45) is 0 Å². The number of benzene rings is 2. The molecule has 1 aliphatic rings. The fraction of sp³-hybridized carbons (Fsp3) is 0.360. The van der Waals surface area contributed by atoms with Gasteiger partial charge in [0.05, 0.1) is 16.8 Å². The first-order valence-corrected chi connectivity index (χ1v) is 10.6. The molecule has 0 radical (unpaired) electrons. The van der Waals surface area contributed by atoms with Crippen molar-refractivity contribution < 1.29 is 14.3 Å². The third-order valence-corrected chi connectivity index (χ3v) is 5.52. The van der Waals surface area contributed by atoms with E-state index in [9.17, 15) is 4.79 Å². The number of fused-ring (bicyclic) bond motifs is 2. The van der Waals surface area contributed by atoms with Crippen LogP contribution in [0.15, 0.2) is 42.5 Å². The summed E-state index contributed by atoms with van der Waals surface area (Å²) < 4.78 is 10.9. The van der Waals surface area contributed by atoms with Gasteiger partial charge in [0.25, 0.3) is 5.91 Å². The monoisotopic (exact) mass is 419 g/mol. The maximum Gasteiger partial charge on any atom is 0.256 e. The summed E-state index contributed by atoms with van der Waals surface area (Å²) in [5.41, 5.74) is 4.49. The van der Waals surface area contributed by atoms with Crippen molar-refractivity contribution >= 4 is 16.8 Å². The Bertz CT molecular complexity index is 1110. The highest BCUT2D eigenvalue weighted by Gasteiger charge is 2.21. The van der Waals surface area contributed by atoms with Gasteiger partial charge in [0.15, 0.2) is 11.5 Å². The molecule has 0 bridgehead atoms. The molecule has 2 heterocycles. The first-order chi connectivity index (χ1) is 14.9. The summed E-state index contributed by atoms with van der Waals surface area (Å²) in [6.07, 6.45) is 0.891. The molecule has 162 valence electrons. The Balaban J connectivity index is 1.63. The number of pyridine rings is 1. The Hall–Kier alpha value is -3.12. The first-order valence-electron chi connectivity index (χ1n) is 10.6. The number of aromatic nitrogens is 1. The number of carbonyl (C=O) groups excluding carboxylic acids is 1. The molecule has 0 spiro atoms. The van der Waals surface area contributed by atoms with E-state index in [2.05, 4.69) is 11.0 Å². The van der Waals surface area contributed by atoms with E-state index in [-0.39, 0.29) is 12.7 Å². The zero-order valence-electron chi connectivity index (χ0n) is 18.6. The molecule has 0 atom stereocenters. The summed E-state index contributed by atoms with van der Waals surface area (Å²) in [4.78, 5) is 22.4. The van der Waals surface area contributed by atoms with Crippen molar-refractivity contribution in [1.82, 2.24) is 14.8 Å². The topological polar surface area (TPSA) is 54.9 Å². The van der Waals surface area contributed by atoms with Crippen LogP contribution in [0.2, 0.25) is 0 Å². The predicted octanol–water partition coefficient (Wildman–Crippen LogP) is 4.17. The van der Waals surface area contributed by atoms with E-state index in [0.717, 1.165) is 52.2 Å². The summed E-state index contributed by atoms with van der Waals surface area (Å²) in [5.74, 6) is 1.49. The minimum absolute atomic E-state index is 0.00447. The van der Waals surface area contributed by atoms with Crippen LogP contribution in [0.5, 0.6) is 11.5 Å². The first kappa shape index (κ1) is 21.1. The molecule has 31 heavy (non-hydrogen) atoms. The number of aryl methyl sites for hydroxylation is 2. The van der Waals surface area contributed by atoms with E-state index in [4.69, 9.17) is 14.5 Å². The van der Waals surface area contributed by atoms with Gasteiger partial charge in [-0.1, -0.05) is 17.7 Å². The average Bonchev–Trinajstić information content (AvgIpc) is 3.20. The fourth-order valence-electron chi connectivity index (χ4n) is 3.87. The molecular formula is C25H29N3O3. The number of hydrogen-bond donors (Lipinski definition) is 0. The van der Waals surface area contributed by atoms with Crippen LogP contribution < -0.4 is 9.47 Å². The third-order valence-electron chi connectivity index (χ3n) is 5.52. The molecule has 6 nitrogen and oxygen atoms in total. The Morgan fingerprint density at radius 2 is 1.81 bits per heavy atom. The molecule has 0 aliphatic carbocycles. The van der Waals surface area contributed by atoms with Crippen molar-refractivity contribution in [3.63, 3.8) is 0 Å². The molecular weight excluding hydrogens is 390 g/mol. The Morgan fingerprint density at radius 3 is 2.61 bits per heavy atom. The van der Waals surface area contributed by atoms with E-state index in [1.165, 1.54) is 0 Å². The molecule has 0 N–H and O–H groups in total. The largest absolute Gasteiger partial charge is 0.454 e. The van der Waals surface area contributed by atoms with Gasteiger partial charge in [0.2, 0.25) is 6.79 Å².